The highest BCUT2D eigenvalue weighted by molar-refractivity contribution is 6.04. The summed E-state index contributed by atoms with van der Waals surface area (Å²) in [6, 6.07) is 5.51. The van der Waals surface area contributed by atoms with Gasteiger partial charge in [0.1, 0.15) is 23.7 Å². The molecule has 0 saturated heterocycles. The first-order valence-corrected chi connectivity index (χ1v) is 9.46. The number of rotatable bonds is 4. The zero-order valence-electron chi connectivity index (χ0n) is 16.6. The van der Waals surface area contributed by atoms with Crippen molar-refractivity contribution in [2.45, 2.75) is 38.3 Å². The highest BCUT2D eigenvalue weighted by Gasteiger charge is 2.64. The van der Waals surface area contributed by atoms with E-state index in [1.165, 1.54) is 25.3 Å². The molecule has 2 aromatic rings. The van der Waals surface area contributed by atoms with Crippen molar-refractivity contribution >= 4 is 17.6 Å². The molecule has 2 heterocycles. The average molecular weight is 429 g/mol. The minimum atomic E-state index is -3.03. The minimum Gasteiger partial charge on any atom is -0.462 e. The Kier molecular flexibility index (Phi) is 4.84. The van der Waals surface area contributed by atoms with Crippen molar-refractivity contribution in [1.29, 1.82) is 5.26 Å². The first kappa shape index (κ1) is 20.7. The molecule has 1 fully saturated rings. The number of pyridine rings is 1. The van der Waals surface area contributed by atoms with Crippen LogP contribution >= 0.6 is 0 Å². The number of amidine groups is 1. The number of nitriles is 1. The number of aliphatic imine (C=N–C) groups is 1. The van der Waals surface area contributed by atoms with Gasteiger partial charge in [-0.3, -0.25) is 4.79 Å². The van der Waals surface area contributed by atoms with Crippen molar-refractivity contribution in [2.24, 2.45) is 16.6 Å². The molecule has 7 nitrogen and oxygen atoms in total. The standard InChI is InChI=1S/C21H18F3N5O2/c1-9-4-12(28-18(30)17-10(2)3-11(7-25)8-27-17)5-14(16(9)22)21(19(23)24)13-6-15(13)31-20(26)29-21/h3-5,8,13,15,19H,6H2,1-2H3,(H2,26,29)(H,28,30)/t13-,15+,21-/m0/s1. The normalized spacial score (nSPS) is 24.0. The number of carbonyl (C=O) groups is 1. The highest BCUT2D eigenvalue weighted by Crippen LogP contribution is 2.56. The molecule has 0 unspecified atom stereocenters. The van der Waals surface area contributed by atoms with Gasteiger partial charge in [-0.15, -0.1) is 0 Å². The molecule has 0 spiro atoms. The van der Waals surface area contributed by atoms with Gasteiger partial charge >= 0.3 is 0 Å². The quantitative estimate of drug-likeness (QED) is 0.775. The average Bonchev–Trinajstić information content (AvgIpc) is 3.49. The second kappa shape index (κ2) is 7.27. The number of aryl methyl sites for hydroxylation is 2. The largest absolute Gasteiger partial charge is 0.462 e. The van der Waals surface area contributed by atoms with Crippen LogP contribution in [0.1, 0.15) is 39.2 Å². The van der Waals surface area contributed by atoms with E-state index in [-0.39, 0.29) is 28.9 Å². The monoisotopic (exact) mass is 429 g/mol. The van der Waals surface area contributed by atoms with Crippen molar-refractivity contribution in [3.05, 3.63) is 58.2 Å². The molecule has 1 aromatic carbocycles. The fraction of sp³-hybridized carbons (Fsp3) is 0.333. The second-order valence-corrected chi connectivity index (χ2v) is 7.68. The number of nitrogens with two attached hydrogens (primary N) is 1. The molecule has 0 bridgehead atoms. The van der Waals surface area contributed by atoms with Crippen LogP contribution in [0.4, 0.5) is 18.9 Å². The Morgan fingerprint density at radius 1 is 1.35 bits per heavy atom. The number of nitrogens with one attached hydrogen (secondary N) is 1. The first-order chi connectivity index (χ1) is 14.7. The SMILES string of the molecule is Cc1cc(C#N)cnc1C(=O)Nc1cc(C)c(F)c([C@@]2(C(F)F)N=C(N)O[C@@H]3C[C@@H]32)c1. The van der Waals surface area contributed by atoms with E-state index in [4.69, 9.17) is 15.7 Å². The number of alkyl halides is 2. The Balaban J connectivity index is 1.75. The lowest BCUT2D eigenvalue weighted by molar-refractivity contribution is 0.0176. The van der Waals surface area contributed by atoms with E-state index in [1.54, 1.807) is 6.92 Å². The van der Waals surface area contributed by atoms with E-state index in [1.807, 2.05) is 6.07 Å². The van der Waals surface area contributed by atoms with Crippen LogP contribution in [0.5, 0.6) is 0 Å². The molecule has 1 aromatic heterocycles. The molecule has 1 saturated carbocycles. The van der Waals surface area contributed by atoms with Crippen LogP contribution in [0.3, 0.4) is 0 Å². The van der Waals surface area contributed by atoms with Crippen LogP contribution in [0.2, 0.25) is 0 Å². The van der Waals surface area contributed by atoms with Crippen molar-refractivity contribution < 1.29 is 22.7 Å². The summed E-state index contributed by atoms with van der Waals surface area (Å²) in [6.07, 6.45) is -2.05. The van der Waals surface area contributed by atoms with Gasteiger partial charge in [-0.1, -0.05) is 0 Å². The summed E-state index contributed by atoms with van der Waals surface area (Å²) in [5.74, 6) is -2.18. The number of anilines is 1. The molecule has 3 atom stereocenters. The summed E-state index contributed by atoms with van der Waals surface area (Å²) in [5.41, 5.74) is 4.05. The third-order valence-corrected chi connectivity index (χ3v) is 5.56. The van der Waals surface area contributed by atoms with Crippen LogP contribution in [-0.2, 0) is 10.3 Å². The maximum absolute atomic E-state index is 15.1. The number of carbonyl (C=O) groups excluding carboxylic acids is 1. The van der Waals surface area contributed by atoms with Gasteiger partial charge in [0, 0.05) is 23.4 Å². The minimum absolute atomic E-state index is 0.0571. The predicted molar refractivity (Wildman–Crippen MR) is 105 cm³/mol. The van der Waals surface area contributed by atoms with Crippen LogP contribution in [-0.4, -0.2) is 29.4 Å². The fourth-order valence-electron chi connectivity index (χ4n) is 4.00. The number of halogens is 3. The maximum Gasteiger partial charge on any atom is 0.283 e. The maximum atomic E-state index is 15.1. The third kappa shape index (κ3) is 3.36. The number of hydrogen-bond donors (Lipinski definition) is 2. The Morgan fingerprint density at radius 3 is 2.74 bits per heavy atom. The van der Waals surface area contributed by atoms with E-state index in [0.717, 1.165) is 6.07 Å². The van der Waals surface area contributed by atoms with Gasteiger partial charge in [-0.05, 0) is 49.6 Å². The van der Waals surface area contributed by atoms with Crippen molar-refractivity contribution in [3.8, 4) is 6.07 Å². The Hall–Kier alpha value is -3.61. The second-order valence-electron chi connectivity index (χ2n) is 7.68. The first-order valence-electron chi connectivity index (χ1n) is 9.46. The molecule has 160 valence electrons. The molecule has 2 aliphatic rings. The highest BCUT2D eigenvalue weighted by atomic mass is 19.3. The van der Waals surface area contributed by atoms with Crippen LogP contribution in [0, 0.1) is 36.9 Å². The fourth-order valence-corrected chi connectivity index (χ4v) is 4.00. The molecule has 31 heavy (non-hydrogen) atoms. The molecule has 1 aliphatic heterocycles. The van der Waals surface area contributed by atoms with E-state index in [0.29, 0.717) is 11.1 Å². The predicted octanol–water partition coefficient (Wildman–Crippen LogP) is 3.16. The zero-order valence-corrected chi connectivity index (χ0v) is 16.6. The summed E-state index contributed by atoms with van der Waals surface area (Å²) >= 11 is 0. The zero-order chi connectivity index (χ0) is 22.5. The van der Waals surface area contributed by atoms with Crippen molar-refractivity contribution in [2.75, 3.05) is 5.32 Å². The number of nitrogens with zero attached hydrogens (tertiary/aromatic N) is 3. The summed E-state index contributed by atoms with van der Waals surface area (Å²) < 4.78 is 48.9. The summed E-state index contributed by atoms with van der Waals surface area (Å²) in [6.45, 7) is 3.03. The number of ether oxygens (including phenoxy) is 1. The van der Waals surface area contributed by atoms with Crippen LogP contribution in [0.15, 0.2) is 29.4 Å². The molecule has 1 aliphatic carbocycles. The summed E-state index contributed by atoms with van der Waals surface area (Å²) in [5, 5.41) is 11.5. The van der Waals surface area contributed by atoms with Gasteiger partial charge in [-0.25, -0.2) is 23.1 Å². The number of amides is 1. The number of hydrogen-bond acceptors (Lipinski definition) is 6. The topological polar surface area (TPSA) is 113 Å². The lowest BCUT2D eigenvalue weighted by atomic mass is 9.83. The van der Waals surface area contributed by atoms with Crippen LogP contribution in [0.25, 0.3) is 0 Å². The Labute approximate surface area is 175 Å². The number of aromatic nitrogens is 1. The van der Waals surface area contributed by atoms with E-state index < -0.39 is 41.7 Å². The van der Waals surface area contributed by atoms with Crippen molar-refractivity contribution in [1.82, 2.24) is 4.98 Å². The molecular formula is C21H18F3N5O2. The summed E-state index contributed by atoms with van der Waals surface area (Å²) in [4.78, 5) is 20.5. The van der Waals surface area contributed by atoms with Gasteiger partial charge in [0.25, 0.3) is 18.4 Å². The molecule has 0 radical (unpaired) electrons. The van der Waals surface area contributed by atoms with Gasteiger partial charge in [0.2, 0.25) is 0 Å². The smallest absolute Gasteiger partial charge is 0.283 e. The lowest BCUT2D eigenvalue weighted by Gasteiger charge is -2.33. The van der Waals surface area contributed by atoms with Gasteiger partial charge in [-0.2, -0.15) is 5.26 Å². The van der Waals surface area contributed by atoms with Gasteiger partial charge in [0.05, 0.1) is 5.56 Å². The van der Waals surface area contributed by atoms with Crippen LogP contribution < -0.4 is 11.1 Å². The number of benzene rings is 1. The number of fused-ring (bicyclic) bond motifs is 1. The molecule has 3 N–H and O–H groups in total. The van der Waals surface area contributed by atoms with E-state index >= 15 is 4.39 Å². The molecular weight excluding hydrogens is 411 g/mol. The lowest BCUT2D eigenvalue weighted by Crippen LogP contribution is -2.43. The Morgan fingerprint density at radius 2 is 2.10 bits per heavy atom. The molecule has 10 heteroatoms. The molecule has 4 rings (SSSR count). The van der Waals surface area contributed by atoms with Gasteiger partial charge < -0.3 is 15.8 Å². The van der Waals surface area contributed by atoms with Gasteiger partial charge in [0.15, 0.2) is 5.54 Å². The molecule has 1 amide bonds. The van der Waals surface area contributed by atoms with E-state index in [2.05, 4.69) is 15.3 Å². The van der Waals surface area contributed by atoms with Crippen molar-refractivity contribution in [3.63, 3.8) is 0 Å². The van der Waals surface area contributed by atoms with E-state index in [9.17, 15) is 13.6 Å². The third-order valence-electron chi connectivity index (χ3n) is 5.56. The Bertz CT molecular complexity index is 1160. The summed E-state index contributed by atoms with van der Waals surface area (Å²) in [7, 11) is 0.